The van der Waals surface area contributed by atoms with Crippen molar-refractivity contribution in [1.82, 2.24) is 15.0 Å². The van der Waals surface area contributed by atoms with Gasteiger partial charge in [0, 0.05) is 6.20 Å². The number of anilines is 3. The molecule has 2 aromatic rings. The first-order valence-corrected chi connectivity index (χ1v) is 7.71. The number of nitrogen functional groups attached to an aromatic ring is 2. The van der Waals surface area contributed by atoms with Crippen LogP contribution in [0.5, 0.6) is 0 Å². The molecule has 6 N–H and O–H groups in total. The zero-order valence-electron chi connectivity index (χ0n) is 14.2. The van der Waals surface area contributed by atoms with Crippen LogP contribution in [-0.2, 0) is 6.54 Å². The molecule has 0 aliphatic carbocycles. The van der Waals surface area contributed by atoms with Gasteiger partial charge < -0.3 is 11.5 Å². The molecule has 0 fully saturated rings. The lowest BCUT2D eigenvalue weighted by atomic mass is 10.0. The highest BCUT2D eigenvalue weighted by Crippen LogP contribution is 2.27. The van der Waals surface area contributed by atoms with Gasteiger partial charge in [0.2, 0.25) is 5.95 Å². The van der Waals surface area contributed by atoms with Crippen molar-refractivity contribution in [3.05, 3.63) is 33.7 Å². The van der Waals surface area contributed by atoms with Gasteiger partial charge in [-0.1, -0.05) is 25.4 Å². The topological polar surface area (TPSA) is 120 Å². The summed E-state index contributed by atoms with van der Waals surface area (Å²) >= 11 is 5.89. The number of rotatable bonds is 3. The number of hydrazine groups is 1. The average molecular weight is 338 g/mol. The summed E-state index contributed by atoms with van der Waals surface area (Å²) in [4.78, 5) is 12.2. The van der Waals surface area contributed by atoms with Gasteiger partial charge in [0.25, 0.3) is 0 Å². The predicted molar refractivity (Wildman–Crippen MR) is 96.0 cm³/mol. The van der Waals surface area contributed by atoms with Gasteiger partial charge in [-0.2, -0.15) is 9.97 Å². The van der Waals surface area contributed by atoms with Crippen molar-refractivity contribution in [2.75, 3.05) is 16.5 Å². The van der Waals surface area contributed by atoms with Crippen LogP contribution in [0.15, 0.2) is 6.20 Å². The van der Waals surface area contributed by atoms with Crippen LogP contribution in [0.2, 0.25) is 5.15 Å². The number of nitrogens with two attached hydrogens (primary N) is 3. The Labute approximate surface area is 141 Å². The minimum atomic E-state index is 0.0180. The van der Waals surface area contributed by atoms with Crippen LogP contribution >= 0.6 is 11.6 Å². The van der Waals surface area contributed by atoms with Crippen LogP contribution in [0.1, 0.15) is 36.2 Å². The summed E-state index contributed by atoms with van der Waals surface area (Å²) in [5.41, 5.74) is 15.8. The van der Waals surface area contributed by atoms with Gasteiger partial charge in [0.15, 0.2) is 11.0 Å². The molecule has 0 saturated heterocycles. The summed E-state index contributed by atoms with van der Waals surface area (Å²) in [5, 5.41) is 1.45. The quantitative estimate of drug-likeness (QED) is 0.447. The Morgan fingerprint density at radius 1 is 1.09 bits per heavy atom. The molecule has 0 atom stereocenters. The summed E-state index contributed by atoms with van der Waals surface area (Å²) in [7, 11) is 0. The maximum Gasteiger partial charge on any atom is 0.223 e. The Hall–Kier alpha value is -2.12. The molecule has 7 nitrogen and oxygen atoms in total. The van der Waals surface area contributed by atoms with Gasteiger partial charge in [-0.05, 0) is 37.5 Å². The highest BCUT2D eigenvalue weighted by atomic mass is 35.5. The highest BCUT2D eigenvalue weighted by molar-refractivity contribution is 6.32. The van der Waals surface area contributed by atoms with Gasteiger partial charge in [0.1, 0.15) is 5.69 Å². The van der Waals surface area contributed by atoms with Gasteiger partial charge in [-0.3, -0.25) is 9.99 Å². The molecular formula is C15H24ClN7. The zero-order chi connectivity index (χ0) is 17.7. The standard InChI is InChI=1S/C13H18ClN7.C2H6/c1-6-4-18-9(8(3)7(6)2)5-21(17)12-10(15)11(14)19-13(16)20-12;1-2/h4H,5,15,17H2,1-3H3,(H2,16,19,20);1-2H3. The average Bonchev–Trinajstić information content (AvgIpc) is 2.53. The van der Waals surface area contributed by atoms with Crippen molar-refractivity contribution < 1.29 is 0 Å². The summed E-state index contributed by atoms with van der Waals surface area (Å²) < 4.78 is 0. The number of pyridine rings is 1. The molecular weight excluding hydrogens is 314 g/mol. The molecule has 0 aliphatic heterocycles. The lowest BCUT2D eigenvalue weighted by molar-refractivity contribution is 0.799. The van der Waals surface area contributed by atoms with Gasteiger partial charge >= 0.3 is 0 Å². The lowest BCUT2D eigenvalue weighted by Crippen LogP contribution is -2.33. The molecule has 2 rings (SSSR count). The minimum Gasteiger partial charge on any atom is -0.393 e. The van der Waals surface area contributed by atoms with Crippen molar-refractivity contribution in [2.45, 2.75) is 41.2 Å². The molecule has 0 amide bonds. The molecule has 0 radical (unpaired) electrons. The second kappa shape index (κ2) is 7.94. The third-order valence-electron chi connectivity index (χ3n) is 3.49. The molecule has 0 aliphatic rings. The van der Waals surface area contributed by atoms with Gasteiger partial charge in [-0.25, -0.2) is 5.84 Å². The molecule has 0 saturated carbocycles. The minimum absolute atomic E-state index is 0.0180. The maximum atomic E-state index is 6.03. The van der Waals surface area contributed by atoms with Crippen molar-refractivity contribution in [3.63, 3.8) is 0 Å². The van der Waals surface area contributed by atoms with Gasteiger partial charge in [0.05, 0.1) is 12.2 Å². The van der Waals surface area contributed by atoms with Crippen molar-refractivity contribution in [3.8, 4) is 0 Å². The normalized spacial score (nSPS) is 10.0. The Balaban J connectivity index is 0.00000127. The van der Waals surface area contributed by atoms with E-state index in [2.05, 4.69) is 15.0 Å². The molecule has 0 unspecified atom stereocenters. The van der Waals surface area contributed by atoms with Crippen LogP contribution in [0.25, 0.3) is 0 Å². The first-order chi connectivity index (χ1) is 10.8. The van der Waals surface area contributed by atoms with E-state index in [1.165, 1.54) is 10.6 Å². The lowest BCUT2D eigenvalue weighted by Gasteiger charge is -2.21. The summed E-state index contributed by atoms with van der Waals surface area (Å²) in [6.07, 6.45) is 1.82. The molecule has 2 heterocycles. The second-order valence-corrected chi connectivity index (χ2v) is 5.23. The second-order valence-electron chi connectivity index (χ2n) is 4.88. The molecule has 0 bridgehead atoms. The van der Waals surface area contributed by atoms with Gasteiger partial charge in [-0.15, -0.1) is 0 Å². The third kappa shape index (κ3) is 4.20. The number of aryl methyl sites for hydroxylation is 1. The van der Waals surface area contributed by atoms with E-state index < -0.39 is 0 Å². The molecule has 2 aromatic heterocycles. The van der Waals surface area contributed by atoms with E-state index in [-0.39, 0.29) is 22.6 Å². The van der Waals surface area contributed by atoms with E-state index in [4.69, 9.17) is 28.9 Å². The van der Waals surface area contributed by atoms with Crippen LogP contribution in [-0.4, -0.2) is 15.0 Å². The predicted octanol–water partition coefficient (Wildman–Crippen LogP) is 2.52. The Kier molecular flexibility index (Phi) is 6.53. The number of hydrogen-bond donors (Lipinski definition) is 3. The zero-order valence-corrected chi connectivity index (χ0v) is 14.9. The van der Waals surface area contributed by atoms with Crippen LogP contribution in [0.4, 0.5) is 17.5 Å². The van der Waals surface area contributed by atoms with Crippen molar-refractivity contribution in [1.29, 1.82) is 0 Å². The number of aromatic nitrogens is 3. The van der Waals surface area contributed by atoms with E-state index >= 15 is 0 Å². The van der Waals surface area contributed by atoms with Crippen LogP contribution < -0.4 is 22.3 Å². The SMILES string of the molecule is CC.Cc1cnc(CN(N)c2nc(N)nc(Cl)c2N)c(C)c1C. The first-order valence-electron chi connectivity index (χ1n) is 7.33. The largest absolute Gasteiger partial charge is 0.393 e. The molecule has 0 aromatic carbocycles. The third-order valence-corrected chi connectivity index (χ3v) is 3.78. The van der Waals surface area contributed by atoms with Crippen LogP contribution in [0, 0.1) is 20.8 Å². The highest BCUT2D eigenvalue weighted by Gasteiger charge is 2.16. The Morgan fingerprint density at radius 2 is 1.70 bits per heavy atom. The first kappa shape index (κ1) is 18.9. The van der Waals surface area contributed by atoms with Crippen LogP contribution in [0.3, 0.4) is 0 Å². The number of nitrogens with zero attached hydrogens (tertiary/aromatic N) is 4. The van der Waals surface area contributed by atoms with E-state index in [0.717, 1.165) is 16.8 Å². The Bertz CT molecular complexity index is 688. The fraction of sp³-hybridized carbons (Fsp3) is 0.400. The molecule has 126 valence electrons. The molecule has 0 spiro atoms. The summed E-state index contributed by atoms with van der Waals surface area (Å²) in [6, 6.07) is 0. The summed E-state index contributed by atoms with van der Waals surface area (Å²) in [6.45, 7) is 10.4. The fourth-order valence-corrected chi connectivity index (χ4v) is 2.11. The van der Waals surface area contributed by atoms with E-state index in [0.29, 0.717) is 6.54 Å². The molecule has 23 heavy (non-hydrogen) atoms. The monoisotopic (exact) mass is 337 g/mol. The van der Waals surface area contributed by atoms with E-state index in [1.807, 2.05) is 40.8 Å². The van der Waals surface area contributed by atoms with E-state index in [1.54, 1.807) is 0 Å². The number of halogens is 1. The fourth-order valence-electron chi connectivity index (χ4n) is 1.94. The number of hydrogen-bond acceptors (Lipinski definition) is 7. The Morgan fingerprint density at radius 3 is 2.30 bits per heavy atom. The van der Waals surface area contributed by atoms with Crippen molar-refractivity contribution in [2.24, 2.45) is 5.84 Å². The maximum absolute atomic E-state index is 6.03. The molecule has 8 heteroatoms. The van der Waals surface area contributed by atoms with Crippen molar-refractivity contribution >= 4 is 29.1 Å². The summed E-state index contributed by atoms with van der Waals surface area (Å²) in [5.74, 6) is 6.33. The smallest absolute Gasteiger partial charge is 0.223 e. The van der Waals surface area contributed by atoms with E-state index in [9.17, 15) is 0 Å².